The van der Waals surface area contributed by atoms with E-state index in [1.165, 1.54) is 7.11 Å². The molecule has 1 aliphatic rings. The number of hydrogen-bond donors (Lipinski definition) is 0. The summed E-state index contributed by atoms with van der Waals surface area (Å²) in [6, 6.07) is 24.4. The zero-order chi connectivity index (χ0) is 22.7. The van der Waals surface area contributed by atoms with Gasteiger partial charge in [0.2, 0.25) is 0 Å². The maximum Gasteiger partial charge on any atom is 0.340 e. The van der Waals surface area contributed by atoms with Gasteiger partial charge in [-0.15, -0.1) is 0 Å². The number of aryl methyl sites for hydroxylation is 1. The van der Waals surface area contributed by atoms with Gasteiger partial charge in [-0.3, -0.25) is 9.69 Å². The lowest BCUT2D eigenvalue weighted by Crippen LogP contribution is -2.24. The molecular weight excluding hydrogens is 402 g/mol. The highest BCUT2D eigenvalue weighted by molar-refractivity contribution is 6.23. The molecule has 1 aliphatic heterocycles. The molecule has 160 valence electrons. The van der Waals surface area contributed by atoms with Gasteiger partial charge in [0.15, 0.2) is 0 Å². The van der Waals surface area contributed by atoms with Gasteiger partial charge in [-0.25, -0.2) is 4.79 Å². The number of methoxy groups -OCH3 is 1. The lowest BCUT2D eigenvalue weighted by atomic mass is 10.0. The zero-order valence-corrected chi connectivity index (χ0v) is 18.2. The fraction of sp³-hybridized carbons (Fsp3) is 0.111. The van der Waals surface area contributed by atoms with Crippen molar-refractivity contribution in [2.75, 3.05) is 12.0 Å². The minimum Gasteiger partial charge on any atom is -0.465 e. The largest absolute Gasteiger partial charge is 0.465 e. The lowest BCUT2D eigenvalue weighted by molar-refractivity contribution is -0.136. The number of ether oxygens (including phenoxy) is 2. The Morgan fingerprint density at radius 1 is 0.875 bits per heavy atom. The first-order valence-corrected chi connectivity index (χ1v) is 10.2. The molecule has 3 aromatic rings. The maximum absolute atomic E-state index is 13.4. The van der Waals surface area contributed by atoms with Crippen LogP contribution in [-0.4, -0.2) is 19.0 Å². The Hall–Kier alpha value is -4.12. The highest BCUT2D eigenvalue weighted by Gasteiger charge is 2.37. The summed E-state index contributed by atoms with van der Waals surface area (Å²) in [5.41, 5.74) is 3.54. The summed E-state index contributed by atoms with van der Waals surface area (Å²) in [7, 11) is 1.31. The first kappa shape index (κ1) is 21.1. The fourth-order valence-corrected chi connectivity index (χ4v) is 3.72. The summed E-state index contributed by atoms with van der Waals surface area (Å²) in [5, 5.41) is 0. The van der Waals surface area contributed by atoms with Gasteiger partial charge in [0, 0.05) is 11.4 Å². The summed E-state index contributed by atoms with van der Waals surface area (Å²) in [5.74, 6) is 0.523. The second kappa shape index (κ2) is 8.94. The molecule has 0 spiro atoms. The molecule has 0 atom stereocenters. The molecule has 0 radical (unpaired) electrons. The van der Waals surface area contributed by atoms with Crippen molar-refractivity contribution >= 4 is 23.6 Å². The van der Waals surface area contributed by atoms with Crippen LogP contribution in [0.2, 0.25) is 0 Å². The summed E-state index contributed by atoms with van der Waals surface area (Å²) in [6.07, 6.45) is 1.70. The molecule has 0 bridgehead atoms. The van der Waals surface area contributed by atoms with Crippen LogP contribution in [0.3, 0.4) is 0 Å². The number of esters is 1. The Labute approximate surface area is 187 Å². The van der Waals surface area contributed by atoms with E-state index in [4.69, 9.17) is 9.47 Å². The smallest absolute Gasteiger partial charge is 0.340 e. The van der Waals surface area contributed by atoms with E-state index in [0.29, 0.717) is 22.9 Å². The van der Waals surface area contributed by atoms with Crippen LogP contribution in [0.4, 0.5) is 5.69 Å². The molecule has 0 unspecified atom stereocenters. The third-order valence-corrected chi connectivity index (χ3v) is 5.20. The summed E-state index contributed by atoms with van der Waals surface area (Å²) in [4.78, 5) is 27.6. The van der Waals surface area contributed by atoms with Crippen LogP contribution >= 0.6 is 0 Å². The number of amides is 1. The molecule has 1 amide bonds. The maximum atomic E-state index is 13.4. The van der Waals surface area contributed by atoms with Crippen LogP contribution in [-0.2, 0) is 14.3 Å². The van der Waals surface area contributed by atoms with Gasteiger partial charge in [-0.2, -0.15) is 0 Å². The van der Waals surface area contributed by atoms with Crippen molar-refractivity contribution < 1.29 is 19.1 Å². The van der Waals surface area contributed by atoms with Crippen LogP contribution in [0.25, 0.3) is 6.08 Å². The minimum absolute atomic E-state index is 0.258. The third-order valence-electron chi connectivity index (χ3n) is 5.20. The van der Waals surface area contributed by atoms with E-state index in [1.807, 2.05) is 85.8 Å². The molecule has 1 heterocycles. The highest BCUT2D eigenvalue weighted by atomic mass is 16.5. The average molecular weight is 425 g/mol. The van der Waals surface area contributed by atoms with Gasteiger partial charge in [0.05, 0.1) is 18.3 Å². The Balaban J connectivity index is 1.74. The summed E-state index contributed by atoms with van der Waals surface area (Å²) < 4.78 is 10.9. The molecule has 0 fully saturated rings. The first-order valence-electron chi connectivity index (χ1n) is 10.2. The number of carbonyl (C=O) groups is 2. The van der Waals surface area contributed by atoms with Crippen molar-refractivity contribution in [3.63, 3.8) is 0 Å². The van der Waals surface area contributed by atoms with Gasteiger partial charge in [0.1, 0.15) is 11.5 Å². The van der Waals surface area contributed by atoms with Crippen LogP contribution in [0.5, 0.6) is 11.5 Å². The predicted molar refractivity (Wildman–Crippen MR) is 124 cm³/mol. The van der Waals surface area contributed by atoms with Crippen molar-refractivity contribution in [2.45, 2.75) is 13.8 Å². The molecule has 5 heteroatoms. The lowest BCUT2D eigenvalue weighted by Gasteiger charge is -2.18. The zero-order valence-electron chi connectivity index (χ0n) is 18.2. The number of allylic oxidation sites excluding steroid dienone is 1. The molecule has 0 saturated heterocycles. The molecule has 0 N–H and O–H groups in total. The third kappa shape index (κ3) is 4.18. The topological polar surface area (TPSA) is 55.8 Å². The summed E-state index contributed by atoms with van der Waals surface area (Å²) in [6.45, 7) is 3.71. The minimum atomic E-state index is -0.547. The number of nitrogens with zero attached hydrogens (tertiary/aromatic N) is 1. The fourth-order valence-electron chi connectivity index (χ4n) is 3.72. The second-order valence-corrected chi connectivity index (χ2v) is 7.48. The van der Waals surface area contributed by atoms with Crippen molar-refractivity contribution in [3.05, 3.63) is 107 Å². The van der Waals surface area contributed by atoms with Crippen LogP contribution in [0, 0.1) is 6.92 Å². The second-order valence-electron chi connectivity index (χ2n) is 7.48. The van der Waals surface area contributed by atoms with Gasteiger partial charge in [-0.1, -0.05) is 42.5 Å². The predicted octanol–water partition coefficient (Wildman–Crippen LogP) is 5.66. The van der Waals surface area contributed by atoms with E-state index in [0.717, 1.165) is 11.1 Å². The number of carbonyl (C=O) groups excluding carboxylic acids is 2. The average Bonchev–Trinajstić information content (AvgIpc) is 3.03. The molecule has 32 heavy (non-hydrogen) atoms. The van der Waals surface area contributed by atoms with Gasteiger partial charge >= 0.3 is 5.97 Å². The SMILES string of the molecule is COC(=O)C1=C(C)N(c2cccc(C)c2)C(=O)/C1=C\c1cccc(Oc2ccccc2)c1. The van der Waals surface area contributed by atoms with Crippen LogP contribution < -0.4 is 9.64 Å². The molecule has 4 rings (SSSR count). The Kier molecular flexibility index (Phi) is 5.90. The normalized spacial score (nSPS) is 14.8. The van der Waals surface area contributed by atoms with E-state index in [2.05, 4.69) is 0 Å². The highest BCUT2D eigenvalue weighted by Crippen LogP contribution is 2.36. The van der Waals surface area contributed by atoms with E-state index < -0.39 is 5.97 Å². The number of rotatable bonds is 5. The number of benzene rings is 3. The molecule has 0 saturated carbocycles. The number of hydrogen-bond acceptors (Lipinski definition) is 4. The molecule has 0 aliphatic carbocycles. The first-order chi connectivity index (χ1) is 15.5. The summed E-state index contributed by atoms with van der Waals surface area (Å²) >= 11 is 0. The van der Waals surface area contributed by atoms with E-state index in [1.54, 1.807) is 17.9 Å². The van der Waals surface area contributed by atoms with Gasteiger partial charge in [0.25, 0.3) is 5.91 Å². The Bertz CT molecular complexity index is 1240. The monoisotopic (exact) mass is 425 g/mol. The van der Waals surface area contributed by atoms with E-state index in [9.17, 15) is 9.59 Å². The van der Waals surface area contributed by atoms with E-state index >= 15 is 0 Å². The molecule has 3 aromatic carbocycles. The van der Waals surface area contributed by atoms with Crippen molar-refractivity contribution in [1.82, 2.24) is 0 Å². The Morgan fingerprint density at radius 3 is 2.31 bits per heavy atom. The van der Waals surface area contributed by atoms with Gasteiger partial charge in [-0.05, 0) is 67.4 Å². The molecule has 5 nitrogen and oxygen atoms in total. The number of anilines is 1. The molecular formula is C27H23NO4. The number of para-hydroxylation sites is 1. The van der Waals surface area contributed by atoms with Crippen LogP contribution in [0.15, 0.2) is 95.7 Å². The quantitative estimate of drug-likeness (QED) is 0.391. The Morgan fingerprint density at radius 2 is 1.59 bits per heavy atom. The van der Waals surface area contributed by atoms with E-state index in [-0.39, 0.29) is 17.1 Å². The van der Waals surface area contributed by atoms with Crippen molar-refractivity contribution in [1.29, 1.82) is 0 Å². The molecule has 0 aromatic heterocycles. The van der Waals surface area contributed by atoms with Crippen molar-refractivity contribution in [3.8, 4) is 11.5 Å². The standard InChI is InChI=1S/C27H23NO4/c1-18-9-7-11-21(15-18)28-19(2)25(27(30)31-3)24(26(28)29)17-20-10-8-14-23(16-20)32-22-12-5-4-6-13-22/h4-17H,1-3H3/b24-17-. The van der Waals surface area contributed by atoms with Crippen molar-refractivity contribution in [2.24, 2.45) is 0 Å². The van der Waals surface area contributed by atoms with Gasteiger partial charge < -0.3 is 9.47 Å². The van der Waals surface area contributed by atoms with Crippen LogP contribution in [0.1, 0.15) is 18.1 Å².